The summed E-state index contributed by atoms with van der Waals surface area (Å²) in [5.74, 6) is -1.63. The molecule has 0 heterocycles. The summed E-state index contributed by atoms with van der Waals surface area (Å²) in [6, 6.07) is 3.70. The second kappa shape index (κ2) is 5.67. The number of aromatic hydroxyl groups is 1. The van der Waals surface area contributed by atoms with Crippen LogP contribution in [-0.4, -0.2) is 17.0 Å². The van der Waals surface area contributed by atoms with E-state index in [1.165, 1.54) is 19.1 Å². The van der Waals surface area contributed by atoms with Gasteiger partial charge in [-0.3, -0.25) is 0 Å². The first-order valence-electron chi connectivity index (χ1n) is 4.98. The van der Waals surface area contributed by atoms with Crippen LogP contribution in [0, 0.1) is 0 Å². The molecule has 0 saturated heterocycles. The number of carbonyl (C=O) groups is 2. The number of esters is 2. The van der Waals surface area contributed by atoms with E-state index in [9.17, 15) is 14.7 Å². The van der Waals surface area contributed by atoms with Gasteiger partial charge in [0.15, 0.2) is 0 Å². The van der Waals surface area contributed by atoms with E-state index in [4.69, 9.17) is 4.74 Å². The number of ether oxygens (including phenoxy) is 2. The molecule has 0 unspecified atom stereocenters. The van der Waals surface area contributed by atoms with Crippen molar-refractivity contribution in [3.8, 4) is 11.5 Å². The molecule has 0 aromatic heterocycles. The maximum Gasteiger partial charge on any atom is 0.346 e. The third kappa shape index (κ3) is 3.21. The SMILES string of the molecule is C=COC(=O)c1cc(O)ccc1OC(=O)C(=C)C. The average Bonchev–Trinajstić information content (AvgIpc) is 2.31. The summed E-state index contributed by atoms with van der Waals surface area (Å²) in [5, 5.41) is 9.31. The number of phenolic OH excluding ortho intramolecular Hbond substituents is 1. The molecule has 18 heavy (non-hydrogen) atoms. The summed E-state index contributed by atoms with van der Waals surface area (Å²) in [6.07, 6.45) is 0.941. The Morgan fingerprint density at radius 1 is 1.39 bits per heavy atom. The van der Waals surface area contributed by atoms with Gasteiger partial charge in [-0.15, -0.1) is 0 Å². The zero-order valence-corrected chi connectivity index (χ0v) is 9.80. The Morgan fingerprint density at radius 2 is 2.06 bits per heavy atom. The van der Waals surface area contributed by atoms with Crippen LogP contribution in [0.15, 0.2) is 43.2 Å². The van der Waals surface area contributed by atoms with E-state index >= 15 is 0 Å². The Bertz CT molecular complexity index is 516. The molecular formula is C13H12O5. The number of phenols is 1. The van der Waals surface area contributed by atoms with Crippen LogP contribution in [0.4, 0.5) is 0 Å². The Balaban J connectivity index is 3.10. The molecular weight excluding hydrogens is 236 g/mol. The lowest BCUT2D eigenvalue weighted by Crippen LogP contribution is -2.12. The number of carbonyl (C=O) groups excluding carboxylic acids is 2. The minimum atomic E-state index is -0.787. The highest BCUT2D eigenvalue weighted by atomic mass is 16.5. The maximum atomic E-state index is 11.6. The molecule has 0 fully saturated rings. The van der Waals surface area contributed by atoms with Gasteiger partial charge < -0.3 is 14.6 Å². The first-order valence-corrected chi connectivity index (χ1v) is 4.98. The fourth-order valence-corrected chi connectivity index (χ4v) is 1.09. The van der Waals surface area contributed by atoms with E-state index in [0.29, 0.717) is 0 Å². The van der Waals surface area contributed by atoms with Crippen LogP contribution in [0.5, 0.6) is 11.5 Å². The summed E-state index contributed by atoms with van der Waals surface area (Å²) in [7, 11) is 0. The van der Waals surface area contributed by atoms with E-state index in [1.807, 2.05) is 0 Å². The van der Waals surface area contributed by atoms with Crippen LogP contribution in [0.25, 0.3) is 0 Å². The lowest BCUT2D eigenvalue weighted by molar-refractivity contribution is -0.130. The van der Waals surface area contributed by atoms with Crippen molar-refractivity contribution >= 4 is 11.9 Å². The molecule has 94 valence electrons. The molecule has 0 bridgehead atoms. The van der Waals surface area contributed by atoms with Crippen LogP contribution in [-0.2, 0) is 9.53 Å². The smallest absolute Gasteiger partial charge is 0.346 e. The standard InChI is InChI=1S/C13H12O5/c1-4-17-13(16)10-7-9(14)5-6-11(10)18-12(15)8(2)3/h4-7,14H,1-2H2,3H3. The summed E-state index contributed by atoms with van der Waals surface area (Å²) in [5.41, 5.74) is 0.107. The Labute approximate surface area is 104 Å². The van der Waals surface area contributed by atoms with Crippen LogP contribution < -0.4 is 4.74 Å². The second-order valence-electron chi connectivity index (χ2n) is 3.42. The number of hydrogen-bond donors (Lipinski definition) is 1. The molecule has 0 aliphatic carbocycles. The van der Waals surface area contributed by atoms with Gasteiger partial charge in [0.05, 0.1) is 6.26 Å². The topological polar surface area (TPSA) is 72.8 Å². The number of benzene rings is 1. The third-order valence-corrected chi connectivity index (χ3v) is 1.92. The van der Waals surface area contributed by atoms with Gasteiger partial charge in [0.2, 0.25) is 0 Å². The van der Waals surface area contributed by atoms with Crippen LogP contribution >= 0.6 is 0 Å². The number of hydrogen-bond acceptors (Lipinski definition) is 5. The largest absolute Gasteiger partial charge is 0.508 e. The third-order valence-electron chi connectivity index (χ3n) is 1.92. The zero-order chi connectivity index (χ0) is 13.7. The van der Waals surface area contributed by atoms with E-state index in [2.05, 4.69) is 17.9 Å². The van der Waals surface area contributed by atoms with Crippen molar-refractivity contribution in [2.45, 2.75) is 6.92 Å². The Morgan fingerprint density at radius 3 is 2.61 bits per heavy atom. The molecule has 5 nitrogen and oxygen atoms in total. The Hall–Kier alpha value is -2.56. The monoisotopic (exact) mass is 248 g/mol. The van der Waals surface area contributed by atoms with Crippen LogP contribution in [0.1, 0.15) is 17.3 Å². The predicted octanol–water partition coefficient (Wildman–Crippen LogP) is 2.17. The van der Waals surface area contributed by atoms with Gasteiger partial charge >= 0.3 is 11.9 Å². The average molecular weight is 248 g/mol. The number of rotatable bonds is 4. The van der Waals surface area contributed by atoms with Crippen molar-refractivity contribution in [2.24, 2.45) is 0 Å². The molecule has 1 aromatic carbocycles. The summed E-state index contributed by atoms with van der Waals surface area (Å²) in [6.45, 7) is 8.14. The first-order chi connectivity index (χ1) is 8.45. The molecule has 0 radical (unpaired) electrons. The molecule has 0 spiro atoms. The summed E-state index contributed by atoms with van der Waals surface area (Å²) < 4.78 is 9.51. The summed E-state index contributed by atoms with van der Waals surface area (Å²) in [4.78, 5) is 22.9. The van der Waals surface area contributed by atoms with Crippen molar-refractivity contribution in [3.05, 3.63) is 48.8 Å². The highest BCUT2D eigenvalue weighted by Gasteiger charge is 2.17. The molecule has 0 saturated carbocycles. The van der Waals surface area contributed by atoms with Gasteiger partial charge in [-0.1, -0.05) is 13.2 Å². The molecule has 1 N–H and O–H groups in total. The molecule has 5 heteroatoms. The quantitative estimate of drug-likeness (QED) is 0.382. The van der Waals surface area contributed by atoms with Crippen LogP contribution in [0.3, 0.4) is 0 Å². The van der Waals surface area contributed by atoms with E-state index in [1.54, 1.807) is 0 Å². The highest BCUT2D eigenvalue weighted by Crippen LogP contribution is 2.25. The van der Waals surface area contributed by atoms with Gasteiger partial charge in [0.1, 0.15) is 17.1 Å². The Kier molecular flexibility index (Phi) is 4.26. The predicted molar refractivity (Wildman–Crippen MR) is 64.2 cm³/mol. The molecule has 0 amide bonds. The first kappa shape index (κ1) is 13.5. The molecule has 1 aromatic rings. The fraction of sp³-hybridized carbons (Fsp3) is 0.0769. The van der Waals surface area contributed by atoms with Gasteiger partial charge in [-0.2, -0.15) is 0 Å². The molecule has 0 aliphatic rings. The minimum Gasteiger partial charge on any atom is -0.508 e. The van der Waals surface area contributed by atoms with Crippen molar-refractivity contribution in [3.63, 3.8) is 0 Å². The molecule has 0 aliphatic heterocycles. The summed E-state index contributed by atoms with van der Waals surface area (Å²) >= 11 is 0. The fourth-order valence-electron chi connectivity index (χ4n) is 1.09. The van der Waals surface area contributed by atoms with E-state index in [-0.39, 0.29) is 22.6 Å². The van der Waals surface area contributed by atoms with Gasteiger partial charge in [0, 0.05) is 5.57 Å². The maximum absolute atomic E-state index is 11.6. The van der Waals surface area contributed by atoms with E-state index in [0.717, 1.165) is 12.3 Å². The van der Waals surface area contributed by atoms with Gasteiger partial charge in [-0.25, -0.2) is 9.59 Å². The van der Waals surface area contributed by atoms with Crippen LogP contribution in [0.2, 0.25) is 0 Å². The van der Waals surface area contributed by atoms with Crippen molar-refractivity contribution < 1.29 is 24.2 Å². The normalized spacial score (nSPS) is 9.39. The molecule has 0 atom stereocenters. The molecule has 1 rings (SSSR count). The minimum absolute atomic E-state index is 0.0207. The lowest BCUT2D eigenvalue weighted by atomic mass is 10.2. The van der Waals surface area contributed by atoms with Crippen molar-refractivity contribution in [1.29, 1.82) is 0 Å². The van der Waals surface area contributed by atoms with Gasteiger partial charge in [0.25, 0.3) is 0 Å². The van der Waals surface area contributed by atoms with E-state index < -0.39 is 11.9 Å². The highest BCUT2D eigenvalue weighted by molar-refractivity contribution is 5.96. The van der Waals surface area contributed by atoms with Crippen molar-refractivity contribution in [1.82, 2.24) is 0 Å². The van der Waals surface area contributed by atoms with Crippen molar-refractivity contribution in [2.75, 3.05) is 0 Å². The van der Waals surface area contributed by atoms with Gasteiger partial charge in [-0.05, 0) is 25.1 Å². The lowest BCUT2D eigenvalue weighted by Gasteiger charge is -2.08. The second-order valence-corrected chi connectivity index (χ2v) is 3.42. The zero-order valence-electron chi connectivity index (χ0n) is 9.80.